The Morgan fingerprint density at radius 3 is 2.62 bits per heavy atom. The molecule has 132 valence electrons. The molecule has 1 N–H and O–H groups in total. The number of hydrogen-bond donors (Lipinski definition) is 1. The Hall–Kier alpha value is -1.46. The van der Waals surface area contributed by atoms with E-state index in [1.54, 1.807) is 24.5 Å². The normalized spacial score (nSPS) is 21.6. The van der Waals surface area contributed by atoms with Gasteiger partial charge >= 0.3 is 0 Å². The molecular weight excluding hydrogens is 302 g/mol. The fourth-order valence-electron chi connectivity index (χ4n) is 4.04. The molecule has 1 aromatic rings. The molecule has 0 bridgehead atoms. The Morgan fingerprint density at radius 1 is 1.12 bits per heavy atom. The predicted molar refractivity (Wildman–Crippen MR) is 93.8 cm³/mol. The molecule has 24 heavy (non-hydrogen) atoms. The number of aromatic nitrogens is 1. The molecule has 2 aliphatic rings. The summed E-state index contributed by atoms with van der Waals surface area (Å²) in [6, 6.07) is 3.55. The minimum absolute atomic E-state index is 0.0887. The number of hydrogen-bond acceptors (Lipinski definition) is 4. The van der Waals surface area contributed by atoms with Gasteiger partial charge in [-0.1, -0.05) is 25.7 Å². The molecule has 0 radical (unpaired) electrons. The van der Waals surface area contributed by atoms with Crippen LogP contribution in [-0.2, 0) is 0 Å². The van der Waals surface area contributed by atoms with Crippen LogP contribution in [-0.4, -0.2) is 64.6 Å². The molecule has 1 aliphatic carbocycles. The van der Waals surface area contributed by atoms with Crippen LogP contribution in [0, 0.1) is 5.92 Å². The molecule has 0 spiro atoms. The van der Waals surface area contributed by atoms with Gasteiger partial charge in [-0.15, -0.1) is 0 Å². The first kappa shape index (κ1) is 17.4. The number of amides is 1. The third kappa shape index (κ3) is 4.77. The molecule has 5 nitrogen and oxygen atoms in total. The summed E-state index contributed by atoms with van der Waals surface area (Å²) in [5, 5.41) is 10.4. The summed E-state index contributed by atoms with van der Waals surface area (Å²) >= 11 is 0. The van der Waals surface area contributed by atoms with Crippen LogP contribution in [0.4, 0.5) is 0 Å². The van der Waals surface area contributed by atoms with Gasteiger partial charge in [0.2, 0.25) is 0 Å². The van der Waals surface area contributed by atoms with Gasteiger partial charge in [0.1, 0.15) is 0 Å². The number of β-amino-alcohol motifs (C(OH)–C–C–N with tert-alkyl or cyclic N) is 1. The van der Waals surface area contributed by atoms with Crippen molar-refractivity contribution in [1.29, 1.82) is 0 Å². The molecule has 1 aromatic heterocycles. The number of rotatable bonds is 5. The second kappa shape index (κ2) is 8.58. The summed E-state index contributed by atoms with van der Waals surface area (Å²) in [6.07, 6.45) is 10.2. The van der Waals surface area contributed by atoms with E-state index in [-0.39, 0.29) is 12.0 Å². The van der Waals surface area contributed by atoms with E-state index >= 15 is 0 Å². The number of nitrogens with zero attached hydrogens (tertiary/aromatic N) is 3. The molecule has 0 aromatic carbocycles. The highest BCUT2D eigenvalue weighted by atomic mass is 16.3. The molecule has 1 saturated heterocycles. The van der Waals surface area contributed by atoms with Crippen LogP contribution >= 0.6 is 0 Å². The van der Waals surface area contributed by atoms with Crippen molar-refractivity contribution in [3.8, 4) is 0 Å². The summed E-state index contributed by atoms with van der Waals surface area (Å²) in [4.78, 5) is 20.8. The minimum Gasteiger partial charge on any atom is -0.392 e. The first-order chi connectivity index (χ1) is 11.7. The molecule has 2 fully saturated rings. The van der Waals surface area contributed by atoms with Gasteiger partial charge in [-0.05, 0) is 37.4 Å². The lowest BCUT2D eigenvalue weighted by atomic mass is 10.00. The number of aliphatic hydroxyl groups is 1. The van der Waals surface area contributed by atoms with E-state index in [1.807, 2.05) is 4.90 Å². The van der Waals surface area contributed by atoms with Gasteiger partial charge < -0.3 is 10.0 Å². The summed E-state index contributed by atoms with van der Waals surface area (Å²) in [7, 11) is 0. The summed E-state index contributed by atoms with van der Waals surface area (Å²) in [5.74, 6) is 0.808. The maximum Gasteiger partial charge on any atom is 0.254 e. The average Bonchev–Trinajstić information content (AvgIpc) is 2.99. The van der Waals surface area contributed by atoms with Crippen LogP contribution in [0.2, 0.25) is 0 Å². The molecule has 5 heteroatoms. The molecule has 1 aliphatic heterocycles. The van der Waals surface area contributed by atoms with E-state index in [4.69, 9.17) is 0 Å². The standard InChI is InChI=1S/C19H29N3O2/c23-18(14-16-4-1-2-5-16)15-21-10-3-11-22(13-12-21)19(24)17-6-8-20-9-7-17/h6-9,16,18,23H,1-5,10-15H2/t18-/m0/s1. The molecule has 3 rings (SSSR count). The second-order valence-corrected chi connectivity index (χ2v) is 7.22. The van der Waals surface area contributed by atoms with Crippen LogP contribution in [0.15, 0.2) is 24.5 Å². The SMILES string of the molecule is O=C(c1ccncc1)N1CCCN(C[C@@H](O)CC2CCCC2)CC1. The van der Waals surface area contributed by atoms with Crippen LogP contribution in [0.25, 0.3) is 0 Å². The Morgan fingerprint density at radius 2 is 1.88 bits per heavy atom. The van der Waals surface area contributed by atoms with Gasteiger partial charge in [0.25, 0.3) is 5.91 Å². The van der Waals surface area contributed by atoms with Crippen molar-refractivity contribution >= 4 is 5.91 Å². The van der Waals surface area contributed by atoms with Crippen LogP contribution < -0.4 is 0 Å². The number of aliphatic hydroxyl groups excluding tert-OH is 1. The maximum atomic E-state index is 12.5. The van der Waals surface area contributed by atoms with Gasteiger partial charge in [-0.25, -0.2) is 0 Å². The minimum atomic E-state index is -0.226. The van der Waals surface area contributed by atoms with E-state index in [2.05, 4.69) is 9.88 Å². The fraction of sp³-hybridized carbons (Fsp3) is 0.684. The summed E-state index contributed by atoms with van der Waals surface area (Å²) in [6.45, 7) is 4.07. The summed E-state index contributed by atoms with van der Waals surface area (Å²) < 4.78 is 0. The smallest absolute Gasteiger partial charge is 0.254 e. The van der Waals surface area contributed by atoms with Gasteiger partial charge in [0, 0.05) is 44.1 Å². The lowest BCUT2D eigenvalue weighted by molar-refractivity contribution is 0.0746. The highest BCUT2D eigenvalue weighted by Gasteiger charge is 2.23. The Labute approximate surface area is 144 Å². The maximum absolute atomic E-state index is 12.5. The second-order valence-electron chi connectivity index (χ2n) is 7.22. The van der Waals surface area contributed by atoms with E-state index < -0.39 is 0 Å². The first-order valence-corrected chi connectivity index (χ1v) is 9.32. The highest BCUT2D eigenvalue weighted by Crippen LogP contribution is 2.28. The van der Waals surface area contributed by atoms with Crippen molar-refractivity contribution in [3.63, 3.8) is 0 Å². The fourth-order valence-corrected chi connectivity index (χ4v) is 4.04. The van der Waals surface area contributed by atoms with Crippen LogP contribution in [0.3, 0.4) is 0 Å². The van der Waals surface area contributed by atoms with E-state index in [0.29, 0.717) is 5.56 Å². The lowest BCUT2D eigenvalue weighted by Gasteiger charge is -2.25. The Bertz CT molecular complexity index is 517. The van der Waals surface area contributed by atoms with Gasteiger partial charge in [0.15, 0.2) is 0 Å². The van der Waals surface area contributed by atoms with Gasteiger partial charge in [-0.2, -0.15) is 0 Å². The molecule has 1 atom stereocenters. The number of carbonyl (C=O) groups is 1. The Balaban J connectivity index is 1.47. The predicted octanol–water partition coefficient (Wildman–Crippen LogP) is 2.17. The molecule has 2 heterocycles. The topological polar surface area (TPSA) is 56.7 Å². The van der Waals surface area contributed by atoms with E-state index in [9.17, 15) is 9.90 Å². The summed E-state index contributed by atoms with van der Waals surface area (Å²) in [5.41, 5.74) is 0.708. The van der Waals surface area contributed by atoms with Crippen molar-refractivity contribution in [2.75, 3.05) is 32.7 Å². The molecule has 1 amide bonds. The zero-order chi connectivity index (χ0) is 16.8. The first-order valence-electron chi connectivity index (χ1n) is 9.32. The third-order valence-electron chi connectivity index (χ3n) is 5.35. The third-order valence-corrected chi connectivity index (χ3v) is 5.35. The zero-order valence-electron chi connectivity index (χ0n) is 14.4. The van der Waals surface area contributed by atoms with Crippen molar-refractivity contribution < 1.29 is 9.90 Å². The van der Waals surface area contributed by atoms with Gasteiger partial charge in [-0.3, -0.25) is 14.7 Å². The quantitative estimate of drug-likeness (QED) is 0.898. The van der Waals surface area contributed by atoms with Crippen molar-refractivity contribution in [2.24, 2.45) is 5.92 Å². The zero-order valence-corrected chi connectivity index (χ0v) is 14.4. The van der Waals surface area contributed by atoms with Crippen molar-refractivity contribution in [1.82, 2.24) is 14.8 Å². The van der Waals surface area contributed by atoms with Crippen molar-refractivity contribution in [2.45, 2.75) is 44.6 Å². The number of carbonyl (C=O) groups excluding carboxylic acids is 1. The lowest BCUT2D eigenvalue weighted by Crippen LogP contribution is -2.38. The monoisotopic (exact) mass is 331 g/mol. The highest BCUT2D eigenvalue weighted by molar-refractivity contribution is 5.94. The van der Waals surface area contributed by atoms with Crippen LogP contribution in [0.5, 0.6) is 0 Å². The van der Waals surface area contributed by atoms with E-state index in [1.165, 1.54) is 25.7 Å². The Kier molecular flexibility index (Phi) is 6.21. The average molecular weight is 331 g/mol. The van der Waals surface area contributed by atoms with Crippen molar-refractivity contribution in [3.05, 3.63) is 30.1 Å². The largest absolute Gasteiger partial charge is 0.392 e. The molecule has 0 unspecified atom stereocenters. The van der Waals surface area contributed by atoms with Gasteiger partial charge in [0.05, 0.1) is 6.10 Å². The van der Waals surface area contributed by atoms with Crippen LogP contribution in [0.1, 0.15) is 48.9 Å². The number of pyridine rings is 1. The molecule has 1 saturated carbocycles. The molecular formula is C19H29N3O2. The van der Waals surface area contributed by atoms with E-state index in [0.717, 1.165) is 51.5 Å².